The first-order chi connectivity index (χ1) is 13.3. The van der Waals surface area contributed by atoms with Crippen LogP contribution in [-0.2, 0) is 0 Å². The van der Waals surface area contributed by atoms with Crippen LogP contribution in [0.4, 0.5) is 17.6 Å². The molecule has 3 rings (SSSR count). The van der Waals surface area contributed by atoms with Gasteiger partial charge in [0.25, 0.3) is 0 Å². The molecule has 0 saturated heterocycles. The number of alkyl halides is 2. The van der Waals surface area contributed by atoms with E-state index in [1.54, 1.807) is 19.1 Å². The van der Waals surface area contributed by atoms with E-state index >= 15 is 0 Å². The minimum atomic E-state index is -2.60. The molecule has 0 heterocycles. The van der Waals surface area contributed by atoms with Crippen LogP contribution in [0.2, 0.25) is 0 Å². The topological polar surface area (TPSA) is 9.23 Å². The molecule has 0 amide bonds. The second kappa shape index (κ2) is 8.54. The highest BCUT2D eigenvalue weighted by molar-refractivity contribution is 5.65. The Kier molecular flexibility index (Phi) is 6.31. The van der Waals surface area contributed by atoms with E-state index in [1.165, 1.54) is 12.1 Å². The van der Waals surface area contributed by atoms with Gasteiger partial charge in [-0.3, -0.25) is 0 Å². The maximum Gasteiger partial charge on any atom is 0.245 e. The molecule has 0 spiro atoms. The molecule has 0 aromatic heterocycles. The summed E-state index contributed by atoms with van der Waals surface area (Å²) in [4.78, 5) is 0. The molecule has 1 saturated carbocycles. The van der Waals surface area contributed by atoms with E-state index in [1.807, 2.05) is 12.1 Å². The largest absolute Gasteiger partial charge is 0.491 e. The summed E-state index contributed by atoms with van der Waals surface area (Å²) >= 11 is 0. The second-order valence-corrected chi connectivity index (χ2v) is 7.79. The molecule has 0 unspecified atom stereocenters. The van der Waals surface area contributed by atoms with Gasteiger partial charge in [-0.1, -0.05) is 24.3 Å². The van der Waals surface area contributed by atoms with Gasteiger partial charge in [0.15, 0.2) is 11.6 Å². The lowest BCUT2D eigenvalue weighted by Crippen LogP contribution is -2.21. The summed E-state index contributed by atoms with van der Waals surface area (Å²) in [6.07, 6.45) is 3.32. The Morgan fingerprint density at radius 1 is 0.929 bits per heavy atom. The van der Waals surface area contributed by atoms with Gasteiger partial charge in [0.05, 0.1) is 6.61 Å². The van der Waals surface area contributed by atoms with Gasteiger partial charge in [-0.05, 0) is 74.6 Å². The monoisotopic (exact) mass is 394 g/mol. The van der Waals surface area contributed by atoms with E-state index < -0.39 is 17.6 Å². The SMILES string of the molecule is CCOc1ccc(-c2ccc(C3CCC(CC(C)(F)F)CC3)cc2)c(F)c1F. The minimum absolute atomic E-state index is 0.0404. The maximum absolute atomic E-state index is 14.4. The smallest absolute Gasteiger partial charge is 0.245 e. The first-order valence-corrected chi connectivity index (χ1v) is 9.87. The van der Waals surface area contributed by atoms with Gasteiger partial charge in [0, 0.05) is 12.0 Å². The Morgan fingerprint density at radius 2 is 1.57 bits per heavy atom. The van der Waals surface area contributed by atoms with Crippen LogP contribution in [0.5, 0.6) is 5.75 Å². The van der Waals surface area contributed by atoms with E-state index in [4.69, 9.17) is 4.74 Å². The predicted molar refractivity (Wildman–Crippen MR) is 103 cm³/mol. The molecule has 152 valence electrons. The number of benzene rings is 2. The van der Waals surface area contributed by atoms with Crippen molar-refractivity contribution in [1.29, 1.82) is 0 Å². The molecule has 1 fully saturated rings. The molecule has 0 N–H and O–H groups in total. The lowest BCUT2D eigenvalue weighted by Gasteiger charge is -2.30. The Hall–Kier alpha value is -2.04. The normalized spacial score (nSPS) is 20.2. The summed E-state index contributed by atoms with van der Waals surface area (Å²) in [5.41, 5.74) is 1.92. The predicted octanol–water partition coefficient (Wildman–Crippen LogP) is 7.35. The third kappa shape index (κ3) is 4.86. The number of ether oxygens (including phenoxy) is 1. The zero-order chi connectivity index (χ0) is 20.3. The van der Waals surface area contributed by atoms with Crippen molar-refractivity contribution in [1.82, 2.24) is 0 Å². The Morgan fingerprint density at radius 3 is 2.14 bits per heavy atom. The van der Waals surface area contributed by atoms with Crippen molar-refractivity contribution in [3.8, 4) is 16.9 Å². The highest BCUT2D eigenvalue weighted by atomic mass is 19.3. The van der Waals surface area contributed by atoms with Gasteiger partial charge < -0.3 is 4.74 Å². The third-order valence-corrected chi connectivity index (χ3v) is 5.53. The first kappa shape index (κ1) is 20.7. The third-order valence-electron chi connectivity index (χ3n) is 5.53. The van der Waals surface area contributed by atoms with Crippen LogP contribution in [0.15, 0.2) is 36.4 Å². The van der Waals surface area contributed by atoms with E-state index in [9.17, 15) is 17.6 Å². The van der Waals surface area contributed by atoms with Crippen LogP contribution in [0.1, 0.15) is 57.4 Å². The molecule has 0 radical (unpaired) electrons. The highest BCUT2D eigenvalue weighted by Gasteiger charge is 2.30. The fourth-order valence-corrected chi connectivity index (χ4v) is 4.16. The summed E-state index contributed by atoms with van der Waals surface area (Å²) in [5.74, 6) is -4.17. The minimum Gasteiger partial charge on any atom is -0.491 e. The second-order valence-electron chi connectivity index (χ2n) is 7.79. The van der Waals surface area contributed by atoms with Gasteiger partial charge in [-0.25, -0.2) is 13.2 Å². The molecule has 2 aromatic rings. The Bertz CT molecular complexity index is 787. The van der Waals surface area contributed by atoms with E-state index in [0.717, 1.165) is 38.2 Å². The molecular weight excluding hydrogens is 368 g/mol. The fourth-order valence-electron chi connectivity index (χ4n) is 4.16. The lowest BCUT2D eigenvalue weighted by atomic mass is 9.76. The molecule has 2 aromatic carbocycles. The molecule has 1 aliphatic rings. The first-order valence-electron chi connectivity index (χ1n) is 9.87. The number of hydrogen-bond donors (Lipinski definition) is 0. The maximum atomic E-state index is 14.4. The van der Waals surface area contributed by atoms with Crippen molar-refractivity contribution < 1.29 is 22.3 Å². The molecular formula is C23H26F4O. The molecule has 0 aliphatic heterocycles. The van der Waals surface area contributed by atoms with Crippen LogP contribution in [0.3, 0.4) is 0 Å². The molecule has 28 heavy (non-hydrogen) atoms. The van der Waals surface area contributed by atoms with Crippen molar-refractivity contribution in [2.75, 3.05) is 6.61 Å². The lowest BCUT2D eigenvalue weighted by molar-refractivity contribution is -0.00932. The number of hydrogen-bond acceptors (Lipinski definition) is 1. The van der Waals surface area contributed by atoms with Crippen LogP contribution in [0, 0.1) is 17.6 Å². The Balaban J connectivity index is 1.69. The Labute approximate surface area is 163 Å². The summed E-state index contributed by atoms with van der Waals surface area (Å²) in [6, 6.07) is 10.4. The summed E-state index contributed by atoms with van der Waals surface area (Å²) < 4.78 is 60.0. The highest BCUT2D eigenvalue weighted by Crippen LogP contribution is 2.40. The van der Waals surface area contributed by atoms with Crippen molar-refractivity contribution in [3.05, 3.63) is 53.6 Å². The van der Waals surface area contributed by atoms with E-state index in [2.05, 4.69) is 0 Å². The van der Waals surface area contributed by atoms with Crippen molar-refractivity contribution in [3.63, 3.8) is 0 Å². The number of halogens is 4. The van der Waals surface area contributed by atoms with Crippen LogP contribution < -0.4 is 4.74 Å². The summed E-state index contributed by atoms with van der Waals surface area (Å²) in [6.45, 7) is 2.97. The van der Waals surface area contributed by atoms with Crippen LogP contribution >= 0.6 is 0 Å². The number of rotatable bonds is 6. The van der Waals surface area contributed by atoms with Gasteiger partial charge in [-0.2, -0.15) is 4.39 Å². The van der Waals surface area contributed by atoms with E-state index in [-0.39, 0.29) is 30.3 Å². The van der Waals surface area contributed by atoms with Crippen LogP contribution in [0.25, 0.3) is 11.1 Å². The fraction of sp³-hybridized carbons (Fsp3) is 0.478. The van der Waals surface area contributed by atoms with Crippen molar-refractivity contribution in [2.24, 2.45) is 5.92 Å². The average Bonchev–Trinajstić information content (AvgIpc) is 2.65. The zero-order valence-corrected chi connectivity index (χ0v) is 16.3. The standard InChI is InChI=1S/C23H26F4O/c1-3-28-20-13-12-19(21(24)22(20)25)18-10-8-17(9-11-18)16-6-4-15(5-7-16)14-23(2,26)27/h8-13,15-16H,3-7,14H2,1-2H3. The van der Waals surface area contributed by atoms with Gasteiger partial charge >= 0.3 is 0 Å². The molecule has 5 heteroatoms. The van der Waals surface area contributed by atoms with Crippen molar-refractivity contribution in [2.45, 2.75) is 57.8 Å². The van der Waals surface area contributed by atoms with Crippen LogP contribution in [-0.4, -0.2) is 12.5 Å². The summed E-state index contributed by atoms with van der Waals surface area (Å²) in [5, 5.41) is 0. The van der Waals surface area contributed by atoms with Gasteiger partial charge in [0.2, 0.25) is 11.7 Å². The van der Waals surface area contributed by atoms with Gasteiger partial charge in [-0.15, -0.1) is 0 Å². The average molecular weight is 394 g/mol. The molecule has 0 atom stereocenters. The summed E-state index contributed by atoms with van der Waals surface area (Å²) in [7, 11) is 0. The quantitative estimate of drug-likeness (QED) is 0.465. The molecule has 1 nitrogen and oxygen atoms in total. The zero-order valence-electron chi connectivity index (χ0n) is 16.3. The van der Waals surface area contributed by atoms with Gasteiger partial charge in [0.1, 0.15) is 0 Å². The van der Waals surface area contributed by atoms with E-state index in [0.29, 0.717) is 11.5 Å². The molecule has 1 aliphatic carbocycles. The van der Waals surface area contributed by atoms with Crippen molar-refractivity contribution >= 4 is 0 Å². The molecule has 0 bridgehead atoms.